The lowest BCUT2D eigenvalue weighted by Crippen LogP contribution is -2.47. The van der Waals surface area contributed by atoms with Gasteiger partial charge in [0.15, 0.2) is 0 Å². The Morgan fingerprint density at radius 3 is 2.44 bits per heavy atom. The third-order valence-corrected chi connectivity index (χ3v) is 4.43. The third kappa shape index (κ3) is 3.55. The topological polar surface area (TPSA) is 54.3 Å². The minimum Gasteiger partial charge on any atom is -0.365 e. The largest absolute Gasteiger partial charge is 0.416 e. The van der Waals surface area contributed by atoms with E-state index in [1.807, 2.05) is 4.90 Å². The number of rotatable bonds is 2. The van der Waals surface area contributed by atoms with Crippen LogP contribution in [0.4, 0.5) is 24.7 Å². The van der Waals surface area contributed by atoms with Crippen molar-refractivity contribution in [1.82, 2.24) is 14.8 Å². The number of halogens is 4. The van der Waals surface area contributed by atoms with Crippen LogP contribution in [0, 0.1) is 0 Å². The molecule has 25 heavy (non-hydrogen) atoms. The molecule has 0 bridgehead atoms. The molecule has 1 aliphatic rings. The number of hydrogen-bond acceptors (Lipinski definition) is 5. The first-order valence-electron chi connectivity index (χ1n) is 7.52. The van der Waals surface area contributed by atoms with E-state index in [1.165, 1.54) is 13.2 Å². The van der Waals surface area contributed by atoms with Gasteiger partial charge in [-0.2, -0.15) is 18.3 Å². The summed E-state index contributed by atoms with van der Waals surface area (Å²) < 4.78 is 39.6. The van der Waals surface area contributed by atoms with Gasteiger partial charge in [0.25, 0.3) is 5.56 Å². The van der Waals surface area contributed by atoms with Crippen molar-refractivity contribution in [3.8, 4) is 0 Å². The molecule has 0 spiro atoms. The van der Waals surface area contributed by atoms with Crippen LogP contribution in [0.5, 0.6) is 0 Å². The van der Waals surface area contributed by atoms with Crippen molar-refractivity contribution in [2.45, 2.75) is 6.18 Å². The summed E-state index contributed by atoms with van der Waals surface area (Å²) >= 11 is 6.09. The predicted molar refractivity (Wildman–Crippen MR) is 88.2 cm³/mol. The van der Waals surface area contributed by atoms with Crippen LogP contribution in [0.25, 0.3) is 0 Å². The molecule has 1 saturated heterocycles. The molecule has 3 rings (SSSR count). The van der Waals surface area contributed by atoms with Gasteiger partial charge in [-0.15, -0.1) is 0 Å². The lowest BCUT2D eigenvalue weighted by molar-refractivity contribution is -0.137. The second kappa shape index (κ2) is 6.55. The quantitative estimate of drug-likeness (QED) is 0.807. The molecule has 0 aliphatic carbocycles. The average molecular weight is 374 g/mol. The molecule has 3 heterocycles. The summed E-state index contributed by atoms with van der Waals surface area (Å²) in [7, 11) is 1.51. The lowest BCUT2D eigenvalue weighted by atomic mass is 10.2. The van der Waals surface area contributed by atoms with Gasteiger partial charge >= 0.3 is 6.18 Å². The molecule has 1 aliphatic heterocycles. The third-order valence-electron chi connectivity index (χ3n) is 4.08. The first-order valence-corrected chi connectivity index (χ1v) is 7.90. The molecule has 6 nitrogen and oxygen atoms in total. The van der Waals surface area contributed by atoms with E-state index in [-0.39, 0.29) is 16.4 Å². The highest BCUT2D eigenvalue weighted by Gasteiger charge is 2.31. The van der Waals surface area contributed by atoms with Crippen molar-refractivity contribution in [2.75, 3.05) is 36.0 Å². The fraction of sp³-hybridized carbons (Fsp3) is 0.400. The number of anilines is 2. The minimum atomic E-state index is -4.40. The highest BCUT2D eigenvalue weighted by Crippen LogP contribution is 2.31. The summed E-state index contributed by atoms with van der Waals surface area (Å²) in [6.45, 7) is 1.90. The monoisotopic (exact) mass is 373 g/mol. The highest BCUT2D eigenvalue weighted by molar-refractivity contribution is 6.33. The molecule has 0 amide bonds. The van der Waals surface area contributed by atoms with Crippen molar-refractivity contribution < 1.29 is 13.2 Å². The molecule has 1 fully saturated rings. The Hall–Kier alpha value is -2.29. The maximum atomic E-state index is 12.8. The molecule has 0 unspecified atom stereocenters. The normalized spacial score (nSPS) is 15.6. The van der Waals surface area contributed by atoms with E-state index < -0.39 is 11.7 Å². The van der Waals surface area contributed by atoms with E-state index in [0.29, 0.717) is 31.9 Å². The number of aromatic nitrogens is 3. The number of pyridine rings is 1. The van der Waals surface area contributed by atoms with E-state index in [0.717, 1.165) is 23.0 Å². The lowest BCUT2D eigenvalue weighted by Gasteiger charge is -2.36. The molecule has 0 N–H and O–H groups in total. The molecule has 0 atom stereocenters. The Morgan fingerprint density at radius 2 is 1.80 bits per heavy atom. The first kappa shape index (κ1) is 17.5. The second-order valence-electron chi connectivity index (χ2n) is 5.65. The van der Waals surface area contributed by atoms with Crippen molar-refractivity contribution >= 4 is 23.1 Å². The van der Waals surface area contributed by atoms with Crippen molar-refractivity contribution in [3.05, 3.63) is 45.5 Å². The molecule has 10 heteroatoms. The van der Waals surface area contributed by atoms with Gasteiger partial charge in [-0.3, -0.25) is 4.79 Å². The van der Waals surface area contributed by atoms with Crippen molar-refractivity contribution in [3.63, 3.8) is 0 Å². The van der Waals surface area contributed by atoms with Crippen molar-refractivity contribution in [1.29, 1.82) is 0 Å². The fourth-order valence-electron chi connectivity index (χ4n) is 2.67. The Labute approximate surface area is 146 Å². The molecule has 0 radical (unpaired) electrons. The number of alkyl halides is 3. The maximum Gasteiger partial charge on any atom is 0.416 e. The maximum absolute atomic E-state index is 12.8. The molecular formula is C15H15ClF3N5O. The summed E-state index contributed by atoms with van der Waals surface area (Å²) in [5.41, 5.74) is -0.582. The number of hydrogen-bond donors (Lipinski definition) is 0. The van der Waals surface area contributed by atoms with E-state index in [4.69, 9.17) is 11.6 Å². The minimum absolute atomic E-state index is 0.0862. The summed E-state index contributed by atoms with van der Waals surface area (Å²) in [5.74, 6) is 0.280. The van der Waals surface area contributed by atoms with E-state index >= 15 is 0 Å². The number of nitrogens with zero attached hydrogens (tertiary/aromatic N) is 5. The van der Waals surface area contributed by atoms with Crippen LogP contribution < -0.4 is 15.4 Å². The van der Waals surface area contributed by atoms with E-state index in [2.05, 4.69) is 10.1 Å². The summed E-state index contributed by atoms with van der Waals surface area (Å²) in [5, 5.41) is 4.04. The summed E-state index contributed by atoms with van der Waals surface area (Å²) in [4.78, 5) is 19.6. The van der Waals surface area contributed by atoms with Gasteiger partial charge in [0.05, 0.1) is 17.4 Å². The van der Waals surface area contributed by atoms with Gasteiger partial charge in [0.1, 0.15) is 10.8 Å². The SMILES string of the molecule is Cn1ncc(N2CCN(c3cc(C(F)(F)F)ccn3)CC2)c(Cl)c1=O. The molecule has 2 aromatic rings. The number of piperazine rings is 1. The summed E-state index contributed by atoms with van der Waals surface area (Å²) in [6.07, 6.45) is -1.73. The van der Waals surface area contributed by atoms with Crippen LogP contribution in [0.3, 0.4) is 0 Å². The zero-order valence-electron chi connectivity index (χ0n) is 13.3. The van der Waals surface area contributed by atoms with Gasteiger partial charge in [-0.25, -0.2) is 9.67 Å². The van der Waals surface area contributed by atoms with Crippen LogP contribution in [-0.2, 0) is 13.2 Å². The Morgan fingerprint density at radius 1 is 1.16 bits per heavy atom. The zero-order chi connectivity index (χ0) is 18.2. The molecule has 0 saturated carbocycles. The van der Waals surface area contributed by atoms with Gasteiger partial charge < -0.3 is 9.80 Å². The Balaban J connectivity index is 1.75. The highest BCUT2D eigenvalue weighted by atomic mass is 35.5. The first-order chi connectivity index (χ1) is 11.8. The van der Waals surface area contributed by atoms with Crippen LogP contribution in [0.2, 0.25) is 5.02 Å². The van der Waals surface area contributed by atoms with Gasteiger partial charge in [-0.05, 0) is 12.1 Å². The fourth-order valence-corrected chi connectivity index (χ4v) is 2.96. The van der Waals surface area contributed by atoms with Crippen LogP contribution in [0.1, 0.15) is 5.56 Å². The Kier molecular flexibility index (Phi) is 4.59. The molecule has 2 aromatic heterocycles. The Bertz CT molecular complexity index is 831. The van der Waals surface area contributed by atoms with E-state index in [9.17, 15) is 18.0 Å². The van der Waals surface area contributed by atoms with E-state index in [1.54, 1.807) is 4.90 Å². The van der Waals surface area contributed by atoms with Crippen molar-refractivity contribution in [2.24, 2.45) is 7.05 Å². The van der Waals surface area contributed by atoms with Crippen LogP contribution >= 0.6 is 11.6 Å². The zero-order valence-corrected chi connectivity index (χ0v) is 14.0. The smallest absolute Gasteiger partial charge is 0.365 e. The standard InChI is InChI=1S/C15H15ClF3N5O/c1-22-14(25)13(16)11(9-21-22)23-4-6-24(7-5-23)12-8-10(2-3-20-12)15(17,18)19/h2-3,8-9H,4-7H2,1H3. The molecule has 0 aromatic carbocycles. The predicted octanol–water partition coefficient (Wildman–Crippen LogP) is 2.17. The molecular weight excluding hydrogens is 359 g/mol. The average Bonchev–Trinajstić information content (AvgIpc) is 2.59. The van der Waals surface area contributed by atoms with Crippen LogP contribution in [0.15, 0.2) is 29.3 Å². The van der Waals surface area contributed by atoms with Gasteiger partial charge in [-0.1, -0.05) is 11.6 Å². The summed E-state index contributed by atoms with van der Waals surface area (Å²) in [6, 6.07) is 1.99. The van der Waals surface area contributed by atoms with Gasteiger partial charge in [0.2, 0.25) is 0 Å². The number of aryl methyl sites for hydroxylation is 1. The van der Waals surface area contributed by atoms with Crippen LogP contribution in [-0.4, -0.2) is 40.9 Å². The van der Waals surface area contributed by atoms with Gasteiger partial charge in [0, 0.05) is 39.4 Å². The second-order valence-corrected chi connectivity index (χ2v) is 6.03. The molecule has 134 valence electrons.